The quantitative estimate of drug-likeness (QED) is 0.447. The summed E-state index contributed by atoms with van der Waals surface area (Å²) in [6.45, 7) is 0.156. The van der Waals surface area contributed by atoms with Gasteiger partial charge in [0.1, 0.15) is 18.7 Å². The Morgan fingerprint density at radius 1 is 1.00 bits per heavy atom. The Bertz CT molecular complexity index is 1010. The second-order valence-electron chi connectivity index (χ2n) is 8.88. The van der Waals surface area contributed by atoms with Gasteiger partial charge in [0, 0.05) is 5.92 Å². The first-order valence-corrected chi connectivity index (χ1v) is 13.0. The van der Waals surface area contributed by atoms with Crippen LogP contribution >= 0.6 is 11.8 Å². The van der Waals surface area contributed by atoms with Crippen LogP contribution in [0.1, 0.15) is 42.7 Å². The van der Waals surface area contributed by atoms with Crippen molar-refractivity contribution in [2.45, 2.75) is 43.7 Å². The zero-order valence-electron chi connectivity index (χ0n) is 19.2. The normalized spacial score (nSPS) is 16.1. The third-order valence-electron chi connectivity index (χ3n) is 6.44. The van der Waals surface area contributed by atoms with Gasteiger partial charge >= 0.3 is 12.1 Å². The van der Waals surface area contributed by atoms with Gasteiger partial charge in [-0.05, 0) is 53.0 Å². The smallest absolute Gasteiger partial charge is 0.407 e. The number of carbonyl (C=O) groups is 3. The molecule has 8 heteroatoms. The van der Waals surface area contributed by atoms with E-state index in [1.165, 1.54) is 11.8 Å². The van der Waals surface area contributed by atoms with Crippen LogP contribution in [0.4, 0.5) is 4.79 Å². The van der Waals surface area contributed by atoms with E-state index in [4.69, 9.17) is 4.74 Å². The van der Waals surface area contributed by atoms with Gasteiger partial charge in [-0.2, -0.15) is 11.8 Å². The maximum atomic E-state index is 12.9. The molecule has 0 aromatic heterocycles. The Kier molecular flexibility index (Phi) is 7.77. The lowest BCUT2D eigenvalue weighted by atomic mass is 9.98. The van der Waals surface area contributed by atoms with Crippen molar-refractivity contribution in [2.75, 3.05) is 18.6 Å². The summed E-state index contributed by atoms with van der Waals surface area (Å²) >= 11 is 1.52. The molecule has 2 aliphatic rings. The third-order valence-corrected chi connectivity index (χ3v) is 7.09. The van der Waals surface area contributed by atoms with Crippen molar-refractivity contribution in [3.63, 3.8) is 0 Å². The van der Waals surface area contributed by atoms with E-state index >= 15 is 0 Å². The van der Waals surface area contributed by atoms with Crippen LogP contribution < -0.4 is 10.6 Å². The van der Waals surface area contributed by atoms with Gasteiger partial charge in [0.2, 0.25) is 5.91 Å². The Balaban J connectivity index is 1.39. The number of carbonyl (C=O) groups excluding carboxylic acids is 2. The topological polar surface area (TPSA) is 105 Å². The molecule has 1 saturated carbocycles. The molecule has 0 bridgehead atoms. The van der Waals surface area contributed by atoms with Gasteiger partial charge in [-0.15, -0.1) is 0 Å². The molecule has 0 radical (unpaired) electrons. The molecule has 3 N–H and O–H groups in total. The number of alkyl carbamates (subject to hydrolysis) is 1. The lowest BCUT2D eigenvalue weighted by Gasteiger charge is -2.22. The summed E-state index contributed by atoms with van der Waals surface area (Å²) in [7, 11) is 0. The van der Waals surface area contributed by atoms with Crippen molar-refractivity contribution in [3.05, 3.63) is 59.7 Å². The first-order chi connectivity index (χ1) is 16.5. The van der Waals surface area contributed by atoms with Gasteiger partial charge in [0.05, 0.1) is 0 Å². The van der Waals surface area contributed by atoms with Crippen molar-refractivity contribution in [3.8, 4) is 11.1 Å². The third kappa shape index (κ3) is 5.73. The minimum absolute atomic E-state index is 0.0724. The van der Waals surface area contributed by atoms with E-state index in [9.17, 15) is 19.5 Å². The number of hydrogen-bond donors (Lipinski definition) is 3. The molecule has 34 heavy (non-hydrogen) atoms. The molecule has 2 aliphatic carbocycles. The first kappa shape index (κ1) is 24.1. The summed E-state index contributed by atoms with van der Waals surface area (Å²) in [5.74, 6) is -0.650. The molecule has 2 unspecified atom stereocenters. The average Bonchev–Trinajstić information content (AvgIpc) is 3.60. The van der Waals surface area contributed by atoms with Gasteiger partial charge in [0.25, 0.3) is 0 Å². The zero-order valence-corrected chi connectivity index (χ0v) is 20.0. The largest absolute Gasteiger partial charge is 0.480 e. The average molecular weight is 483 g/mol. The SMILES string of the molecule is CSCCC(NC(=O)C(CC1CC1)NC(=O)OCC1c2ccccc2-c2ccccc21)C(=O)O. The van der Waals surface area contributed by atoms with E-state index in [1.54, 1.807) is 0 Å². The van der Waals surface area contributed by atoms with Gasteiger partial charge in [0.15, 0.2) is 0 Å². The van der Waals surface area contributed by atoms with Crippen molar-refractivity contribution in [1.29, 1.82) is 0 Å². The zero-order chi connectivity index (χ0) is 24.1. The van der Waals surface area contributed by atoms with Gasteiger partial charge in [-0.3, -0.25) is 4.79 Å². The Morgan fingerprint density at radius 2 is 1.62 bits per heavy atom. The highest BCUT2D eigenvalue weighted by atomic mass is 32.2. The molecule has 0 aliphatic heterocycles. The number of carboxylic acids is 1. The standard InChI is InChI=1S/C26H30N2O5S/c1-34-13-12-22(25(30)31)27-24(29)23(14-16-10-11-16)28-26(32)33-15-21-19-8-4-2-6-17(19)18-7-3-5-9-20(18)21/h2-9,16,21-23H,10-15H2,1H3,(H,27,29)(H,28,32)(H,30,31). The molecule has 2 aromatic rings. The van der Waals surface area contributed by atoms with E-state index in [0.29, 0.717) is 24.5 Å². The number of aliphatic carboxylic acids is 1. The monoisotopic (exact) mass is 482 g/mol. The first-order valence-electron chi connectivity index (χ1n) is 11.6. The van der Waals surface area contributed by atoms with Crippen LogP contribution in [-0.4, -0.2) is 53.8 Å². The van der Waals surface area contributed by atoms with E-state index in [-0.39, 0.29) is 12.5 Å². The van der Waals surface area contributed by atoms with Crippen LogP contribution in [0.25, 0.3) is 11.1 Å². The van der Waals surface area contributed by atoms with Crippen LogP contribution in [0.3, 0.4) is 0 Å². The highest BCUT2D eigenvalue weighted by Crippen LogP contribution is 2.44. The summed E-state index contributed by atoms with van der Waals surface area (Å²) in [6.07, 6.45) is 4.03. The predicted molar refractivity (Wildman–Crippen MR) is 132 cm³/mol. The van der Waals surface area contributed by atoms with E-state index in [2.05, 4.69) is 22.8 Å². The van der Waals surface area contributed by atoms with E-state index in [0.717, 1.165) is 35.1 Å². The highest BCUT2D eigenvalue weighted by Gasteiger charge is 2.34. The van der Waals surface area contributed by atoms with Crippen molar-refractivity contribution >= 4 is 29.7 Å². The van der Waals surface area contributed by atoms with Gasteiger partial charge in [-0.1, -0.05) is 61.4 Å². The number of nitrogens with one attached hydrogen (secondary N) is 2. The fourth-order valence-corrected chi connectivity index (χ4v) is 4.94. The summed E-state index contributed by atoms with van der Waals surface area (Å²) in [5.41, 5.74) is 4.51. The number of thioether (sulfide) groups is 1. The second kappa shape index (κ2) is 11.0. The van der Waals surface area contributed by atoms with Crippen LogP contribution in [0.5, 0.6) is 0 Å². The maximum Gasteiger partial charge on any atom is 0.407 e. The molecular formula is C26H30N2O5S. The Hall–Kier alpha value is -3.00. The van der Waals surface area contributed by atoms with Gasteiger partial charge < -0.3 is 20.5 Å². The molecule has 7 nitrogen and oxygen atoms in total. The number of fused-ring (bicyclic) bond motifs is 3. The number of amides is 2. The molecule has 2 amide bonds. The molecule has 0 saturated heterocycles. The van der Waals surface area contributed by atoms with Crippen molar-refractivity contribution < 1.29 is 24.2 Å². The minimum Gasteiger partial charge on any atom is -0.480 e. The molecule has 0 heterocycles. The fraction of sp³-hybridized carbons (Fsp3) is 0.423. The number of rotatable bonds is 11. The van der Waals surface area contributed by atoms with Gasteiger partial charge in [-0.25, -0.2) is 9.59 Å². The lowest BCUT2D eigenvalue weighted by Crippen LogP contribution is -2.52. The minimum atomic E-state index is -1.08. The van der Waals surface area contributed by atoms with Crippen LogP contribution in [0.2, 0.25) is 0 Å². The van der Waals surface area contributed by atoms with Crippen LogP contribution in [0.15, 0.2) is 48.5 Å². The molecule has 180 valence electrons. The maximum absolute atomic E-state index is 12.9. The fourth-order valence-electron chi connectivity index (χ4n) is 4.47. The lowest BCUT2D eigenvalue weighted by molar-refractivity contribution is -0.142. The van der Waals surface area contributed by atoms with Crippen LogP contribution in [-0.2, 0) is 14.3 Å². The van der Waals surface area contributed by atoms with E-state index in [1.807, 2.05) is 42.7 Å². The Morgan fingerprint density at radius 3 is 2.18 bits per heavy atom. The summed E-state index contributed by atoms with van der Waals surface area (Å²) < 4.78 is 5.59. The van der Waals surface area contributed by atoms with Crippen molar-refractivity contribution in [1.82, 2.24) is 10.6 Å². The molecule has 2 aromatic carbocycles. The van der Waals surface area contributed by atoms with Crippen molar-refractivity contribution in [2.24, 2.45) is 5.92 Å². The van der Waals surface area contributed by atoms with E-state index < -0.39 is 30.1 Å². The molecule has 0 spiro atoms. The number of hydrogen-bond acceptors (Lipinski definition) is 5. The summed E-state index contributed by atoms with van der Waals surface area (Å²) in [4.78, 5) is 37.1. The Labute approximate surface area is 203 Å². The molecular weight excluding hydrogens is 452 g/mol. The number of benzene rings is 2. The van der Waals surface area contributed by atoms with Crippen LogP contribution in [0, 0.1) is 5.92 Å². The predicted octanol–water partition coefficient (Wildman–Crippen LogP) is 4.02. The second-order valence-corrected chi connectivity index (χ2v) is 9.87. The number of carboxylic acid groups (broad SMARTS) is 1. The molecule has 1 fully saturated rings. The number of ether oxygens (including phenoxy) is 1. The summed E-state index contributed by atoms with van der Waals surface area (Å²) in [5, 5.41) is 14.7. The molecule has 4 rings (SSSR count). The highest BCUT2D eigenvalue weighted by molar-refractivity contribution is 7.98. The summed E-state index contributed by atoms with van der Waals surface area (Å²) in [6, 6.07) is 14.4. The molecule has 2 atom stereocenters.